The highest BCUT2D eigenvalue weighted by molar-refractivity contribution is 5.84. The van der Waals surface area contributed by atoms with Crippen LogP contribution in [0.5, 0.6) is 0 Å². The molecule has 2 fully saturated rings. The van der Waals surface area contributed by atoms with Crippen LogP contribution in [0.15, 0.2) is 18.2 Å². The van der Waals surface area contributed by atoms with E-state index in [-0.39, 0.29) is 23.4 Å². The summed E-state index contributed by atoms with van der Waals surface area (Å²) in [5.74, 6) is -1.63. The lowest BCUT2D eigenvalue weighted by molar-refractivity contribution is -0.146. The molecule has 2 heterocycles. The predicted octanol–water partition coefficient (Wildman–Crippen LogP) is 2.43. The molecule has 0 radical (unpaired) electrons. The Balaban J connectivity index is 1.70. The first-order valence-electron chi connectivity index (χ1n) is 8.49. The van der Waals surface area contributed by atoms with Gasteiger partial charge in [-0.05, 0) is 31.9 Å². The molecule has 132 valence electrons. The fourth-order valence-electron chi connectivity index (χ4n) is 3.93. The van der Waals surface area contributed by atoms with Gasteiger partial charge < -0.3 is 9.64 Å². The summed E-state index contributed by atoms with van der Waals surface area (Å²) in [6, 6.07) is 4.13. The second-order valence-electron chi connectivity index (χ2n) is 6.84. The molecule has 2 saturated heterocycles. The number of nitrogens with zero attached hydrogens (tertiary/aromatic N) is 2. The number of ether oxygens (including phenoxy) is 1. The maximum absolute atomic E-state index is 13.9. The minimum absolute atomic E-state index is 0.0809. The fraction of sp³-hybridized carbons (Fsp3) is 0.611. The minimum Gasteiger partial charge on any atom is -0.383 e. The average molecular weight is 338 g/mol. The monoisotopic (exact) mass is 338 g/mol. The third-order valence-corrected chi connectivity index (χ3v) is 5.26. The van der Waals surface area contributed by atoms with Gasteiger partial charge in [-0.15, -0.1) is 0 Å². The highest BCUT2D eigenvalue weighted by atomic mass is 19.2. The molecule has 6 heteroatoms. The number of carbonyl (C=O) groups excluding carboxylic acids is 1. The molecule has 0 aliphatic carbocycles. The van der Waals surface area contributed by atoms with Gasteiger partial charge in [-0.1, -0.05) is 12.1 Å². The minimum atomic E-state index is -0.863. The molecule has 4 nitrogen and oxygen atoms in total. The SMILES string of the molecule is COCCN1CC[C@]2(CCCN(Cc3cccc(F)c3F)C2=O)C1. The van der Waals surface area contributed by atoms with Crippen molar-refractivity contribution in [3.05, 3.63) is 35.4 Å². The van der Waals surface area contributed by atoms with Crippen LogP contribution < -0.4 is 0 Å². The maximum atomic E-state index is 13.9. The van der Waals surface area contributed by atoms with Crippen LogP contribution in [-0.2, 0) is 16.1 Å². The number of hydrogen-bond donors (Lipinski definition) is 0. The second-order valence-corrected chi connectivity index (χ2v) is 6.84. The summed E-state index contributed by atoms with van der Waals surface area (Å²) in [6.45, 7) is 3.85. The molecule has 2 aliphatic rings. The molecule has 1 spiro atoms. The summed E-state index contributed by atoms with van der Waals surface area (Å²) in [7, 11) is 1.67. The Morgan fingerprint density at radius 1 is 1.25 bits per heavy atom. The van der Waals surface area contributed by atoms with Crippen molar-refractivity contribution in [3.63, 3.8) is 0 Å². The van der Waals surface area contributed by atoms with E-state index in [1.807, 2.05) is 0 Å². The van der Waals surface area contributed by atoms with E-state index in [0.717, 1.165) is 45.0 Å². The number of piperidine rings is 1. The highest BCUT2D eigenvalue weighted by Gasteiger charge is 2.48. The number of hydrogen-bond acceptors (Lipinski definition) is 3. The fourth-order valence-corrected chi connectivity index (χ4v) is 3.93. The van der Waals surface area contributed by atoms with Crippen LogP contribution in [0.1, 0.15) is 24.8 Å². The van der Waals surface area contributed by atoms with Gasteiger partial charge in [0.15, 0.2) is 11.6 Å². The molecular weight excluding hydrogens is 314 g/mol. The Morgan fingerprint density at radius 3 is 2.88 bits per heavy atom. The summed E-state index contributed by atoms with van der Waals surface area (Å²) in [6.07, 6.45) is 2.61. The zero-order chi connectivity index (χ0) is 17.2. The van der Waals surface area contributed by atoms with Crippen molar-refractivity contribution in [3.8, 4) is 0 Å². The maximum Gasteiger partial charge on any atom is 0.230 e. The topological polar surface area (TPSA) is 32.8 Å². The van der Waals surface area contributed by atoms with E-state index in [4.69, 9.17) is 4.74 Å². The number of benzene rings is 1. The molecule has 1 aromatic carbocycles. The van der Waals surface area contributed by atoms with E-state index in [1.54, 1.807) is 18.1 Å². The van der Waals surface area contributed by atoms with Gasteiger partial charge in [-0.25, -0.2) is 8.78 Å². The third-order valence-electron chi connectivity index (χ3n) is 5.26. The van der Waals surface area contributed by atoms with Crippen LogP contribution >= 0.6 is 0 Å². The summed E-state index contributed by atoms with van der Waals surface area (Å²) in [5.41, 5.74) is -0.120. The van der Waals surface area contributed by atoms with E-state index in [1.165, 1.54) is 6.07 Å². The van der Waals surface area contributed by atoms with Crippen LogP contribution in [0, 0.1) is 17.0 Å². The Morgan fingerprint density at radius 2 is 2.08 bits per heavy atom. The summed E-state index contributed by atoms with van der Waals surface area (Å²) < 4.78 is 32.4. The highest BCUT2D eigenvalue weighted by Crippen LogP contribution is 2.40. The van der Waals surface area contributed by atoms with Gasteiger partial charge in [-0.2, -0.15) is 0 Å². The van der Waals surface area contributed by atoms with Crippen molar-refractivity contribution in [2.24, 2.45) is 5.41 Å². The van der Waals surface area contributed by atoms with Crippen LogP contribution in [0.25, 0.3) is 0 Å². The molecule has 3 rings (SSSR count). The number of halogens is 2. The zero-order valence-corrected chi connectivity index (χ0v) is 14.1. The lowest BCUT2D eigenvalue weighted by atomic mass is 9.78. The molecule has 1 atom stereocenters. The quantitative estimate of drug-likeness (QED) is 0.827. The number of methoxy groups -OCH3 is 1. The Labute approximate surface area is 141 Å². The zero-order valence-electron chi connectivity index (χ0n) is 14.1. The van der Waals surface area contributed by atoms with Crippen molar-refractivity contribution < 1.29 is 18.3 Å². The van der Waals surface area contributed by atoms with Gasteiger partial charge in [-0.3, -0.25) is 9.69 Å². The van der Waals surface area contributed by atoms with Gasteiger partial charge in [0.25, 0.3) is 0 Å². The number of amides is 1. The van der Waals surface area contributed by atoms with Crippen molar-refractivity contribution in [1.82, 2.24) is 9.80 Å². The molecule has 2 aliphatic heterocycles. The van der Waals surface area contributed by atoms with Crippen molar-refractivity contribution in [1.29, 1.82) is 0 Å². The molecular formula is C18H24F2N2O2. The standard InChI is InChI=1S/C18H24F2N2O2/c1-24-11-10-21-9-7-18(13-21)6-3-8-22(17(18)23)12-14-4-2-5-15(19)16(14)20/h2,4-5H,3,6-13H2,1H3/t18-/m1/s1. The van der Waals surface area contributed by atoms with E-state index in [0.29, 0.717) is 13.2 Å². The second kappa shape index (κ2) is 7.15. The van der Waals surface area contributed by atoms with Gasteiger partial charge >= 0.3 is 0 Å². The largest absolute Gasteiger partial charge is 0.383 e. The predicted molar refractivity (Wildman–Crippen MR) is 86.4 cm³/mol. The molecule has 24 heavy (non-hydrogen) atoms. The normalized spacial score (nSPS) is 25.0. The number of likely N-dealkylation sites (tertiary alicyclic amines) is 2. The van der Waals surface area contributed by atoms with E-state index in [9.17, 15) is 13.6 Å². The lowest BCUT2D eigenvalue weighted by Gasteiger charge is -2.39. The smallest absolute Gasteiger partial charge is 0.230 e. The lowest BCUT2D eigenvalue weighted by Crippen LogP contribution is -2.49. The van der Waals surface area contributed by atoms with Crippen LogP contribution in [0.2, 0.25) is 0 Å². The molecule has 0 saturated carbocycles. The van der Waals surface area contributed by atoms with E-state index >= 15 is 0 Å². The molecule has 1 aromatic rings. The van der Waals surface area contributed by atoms with Gasteiger partial charge in [0.2, 0.25) is 5.91 Å². The Hall–Kier alpha value is -1.53. The Kier molecular flexibility index (Phi) is 5.15. The first-order valence-corrected chi connectivity index (χ1v) is 8.49. The number of carbonyl (C=O) groups is 1. The summed E-state index contributed by atoms with van der Waals surface area (Å²) >= 11 is 0. The third kappa shape index (κ3) is 3.30. The van der Waals surface area contributed by atoms with Gasteiger partial charge in [0, 0.05) is 38.9 Å². The van der Waals surface area contributed by atoms with Gasteiger partial charge in [0.1, 0.15) is 0 Å². The average Bonchev–Trinajstić information content (AvgIpc) is 2.98. The summed E-state index contributed by atoms with van der Waals surface area (Å²) in [5, 5.41) is 0. The molecule has 0 aromatic heterocycles. The molecule has 0 N–H and O–H groups in total. The molecule has 0 unspecified atom stereocenters. The molecule has 1 amide bonds. The summed E-state index contributed by atoms with van der Waals surface area (Å²) in [4.78, 5) is 17.0. The molecule has 0 bridgehead atoms. The van der Waals surface area contributed by atoms with Crippen LogP contribution in [0.4, 0.5) is 8.78 Å². The van der Waals surface area contributed by atoms with E-state index in [2.05, 4.69) is 4.90 Å². The first kappa shape index (κ1) is 17.3. The first-order chi connectivity index (χ1) is 11.6. The Bertz CT molecular complexity index is 611. The van der Waals surface area contributed by atoms with Crippen LogP contribution in [0.3, 0.4) is 0 Å². The van der Waals surface area contributed by atoms with Crippen LogP contribution in [-0.4, -0.2) is 55.6 Å². The van der Waals surface area contributed by atoms with Crippen molar-refractivity contribution >= 4 is 5.91 Å². The van der Waals surface area contributed by atoms with Crippen molar-refractivity contribution in [2.45, 2.75) is 25.8 Å². The van der Waals surface area contributed by atoms with E-state index < -0.39 is 11.6 Å². The number of rotatable bonds is 5. The van der Waals surface area contributed by atoms with Gasteiger partial charge in [0.05, 0.1) is 12.0 Å². The van der Waals surface area contributed by atoms with Crippen molar-refractivity contribution in [2.75, 3.05) is 39.9 Å².